The molecule has 1 saturated heterocycles. The molecule has 0 saturated carbocycles. The van der Waals surface area contributed by atoms with Gasteiger partial charge in [-0.25, -0.2) is 12.8 Å². The van der Waals surface area contributed by atoms with Crippen molar-refractivity contribution in [3.63, 3.8) is 0 Å². The maximum absolute atomic E-state index is 13.1. The summed E-state index contributed by atoms with van der Waals surface area (Å²) in [4.78, 5) is 4.03. The summed E-state index contributed by atoms with van der Waals surface area (Å²) >= 11 is 0. The Hall–Kier alpha value is -1.83. The van der Waals surface area contributed by atoms with Crippen molar-refractivity contribution in [1.82, 2.24) is 9.29 Å². The molecular weight excluding hydrogens is 319 g/mol. The molecule has 1 aliphatic rings. The number of ether oxygens (including phenoxy) is 1. The Bertz CT molecular complexity index is 766. The van der Waals surface area contributed by atoms with Crippen LogP contribution in [0.5, 0.6) is 0 Å². The third-order valence-electron chi connectivity index (χ3n) is 3.74. The molecule has 2 heterocycles. The van der Waals surface area contributed by atoms with Crippen molar-refractivity contribution < 1.29 is 17.5 Å². The molecule has 1 aromatic heterocycles. The minimum absolute atomic E-state index is 0.159. The smallest absolute Gasteiger partial charge is 0.244 e. The Morgan fingerprint density at radius 2 is 1.96 bits per heavy atom. The van der Waals surface area contributed by atoms with Crippen molar-refractivity contribution in [2.45, 2.75) is 24.0 Å². The van der Waals surface area contributed by atoms with E-state index >= 15 is 0 Å². The predicted octanol–water partition coefficient (Wildman–Crippen LogP) is 2.37. The summed E-state index contributed by atoms with van der Waals surface area (Å²) in [6, 6.07) is 9.04. The molecule has 0 aliphatic carbocycles. The van der Waals surface area contributed by atoms with E-state index in [0.29, 0.717) is 0 Å². The molecule has 0 amide bonds. The van der Waals surface area contributed by atoms with Crippen molar-refractivity contribution >= 4 is 10.0 Å². The van der Waals surface area contributed by atoms with E-state index in [0.717, 1.165) is 5.56 Å². The molecule has 0 bridgehead atoms. The van der Waals surface area contributed by atoms with Crippen molar-refractivity contribution in [3.8, 4) is 0 Å². The molecule has 7 heteroatoms. The molecule has 0 radical (unpaired) electrons. The van der Waals surface area contributed by atoms with Gasteiger partial charge in [-0.15, -0.1) is 0 Å². The average molecular weight is 336 g/mol. The van der Waals surface area contributed by atoms with Gasteiger partial charge in [0.25, 0.3) is 0 Å². The summed E-state index contributed by atoms with van der Waals surface area (Å²) in [5, 5.41) is 0. The Morgan fingerprint density at radius 1 is 1.22 bits per heavy atom. The van der Waals surface area contributed by atoms with Gasteiger partial charge in [-0.3, -0.25) is 4.98 Å². The number of hydrogen-bond donors (Lipinski definition) is 0. The molecular formula is C16H17FN2O3S. The van der Waals surface area contributed by atoms with Gasteiger partial charge in [0.2, 0.25) is 10.0 Å². The molecule has 122 valence electrons. The topological polar surface area (TPSA) is 59.5 Å². The van der Waals surface area contributed by atoms with Gasteiger partial charge in [0.1, 0.15) is 10.7 Å². The van der Waals surface area contributed by atoms with Gasteiger partial charge in [-0.05, 0) is 36.8 Å². The molecule has 2 aromatic rings. The van der Waals surface area contributed by atoms with E-state index in [9.17, 15) is 12.8 Å². The lowest BCUT2D eigenvalue weighted by atomic mass is 10.1. The van der Waals surface area contributed by atoms with Gasteiger partial charge in [0.15, 0.2) is 0 Å². The number of hydrogen-bond acceptors (Lipinski definition) is 4. The van der Waals surface area contributed by atoms with E-state index in [1.54, 1.807) is 18.2 Å². The molecule has 3 rings (SSSR count). The van der Waals surface area contributed by atoms with Crippen LogP contribution in [-0.4, -0.2) is 36.9 Å². The second-order valence-corrected chi connectivity index (χ2v) is 7.44. The van der Waals surface area contributed by atoms with Crippen LogP contribution in [-0.2, 0) is 14.8 Å². The summed E-state index contributed by atoms with van der Waals surface area (Å²) in [6.45, 7) is 2.28. The number of nitrogens with zero attached hydrogens (tertiary/aromatic N) is 2. The highest BCUT2D eigenvalue weighted by atomic mass is 32.2. The molecule has 0 N–H and O–H groups in total. The average Bonchev–Trinajstić information content (AvgIpc) is 2.56. The quantitative estimate of drug-likeness (QED) is 0.863. The van der Waals surface area contributed by atoms with E-state index in [1.807, 2.05) is 6.92 Å². The van der Waals surface area contributed by atoms with Gasteiger partial charge >= 0.3 is 0 Å². The summed E-state index contributed by atoms with van der Waals surface area (Å²) < 4.78 is 45.8. The standard InChI is InChI=1S/C16H17FN2O3S/c1-12-10-19(23(20,21)15-3-2-8-18-9-15)11-16(22-12)13-4-6-14(17)7-5-13/h2-9,12,16H,10-11H2,1H3. The van der Waals surface area contributed by atoms with Gasteiger partial charge < -0.3 is 4.74 Å². The predicted molar refractivity (Wildman–Crippen MR) is 82.7 cm³/mol. The number of halogens is 1. The third-order valence-corrected chi connectivity index (χ3v) is 5.56. The Labute approximate surface area is 134 Å². The Kier molecular flexibility index (Phi) is 4.43. The lowest BCUT2D eigenvalue weighted by Gasteiger charge is -2.36. The number of aromatic nitrogens is 1. The zero-order chi connectivity index (χ0) is 16.4. The first-order valence-electron chi connectivity index (χ1n) is 7.28. The molecule has 1 aromatic carbocycles. The van der Waals surface area contributed by atoms with Crippen LogP contribution in [0.1, 0.15) is 18.6 Å². The molecule has 1 fully saturated rings. The van der Waals surface area contributed by atoms with Crippen molar-refractivity contribution in [2.24, 2.45) is 0 Å². The lowest BCUT2D eigenvalue weighted by molar-refractivity contribution is -0.0557. The number of rotatable bonds is 3. The maximum Gasteiger partial charge on any atom is 0.244 e. The fourth-order valence-electron chi connectivity index (χ4n) is 2.62. The van der Waals surface area contributed by atoms with Crippen LogP contribution in [0.25, 0.3) is 0 Å². The molecule has 2 unspecified atom stereocenters. The van der Waals surface area contributed by atoms with Gasteiger partial charge in [-0.2, -0.15) is 4.31 Å². The first-order chi connectivity index (χ1) is 11.0. The van der Waals surface area contributed by atoms with Gasteiger partial charge in [0.05, 0.1) is 12.2 Å². The van der Waals surface area contributed by atoms with E-state index in [4.69, 9.17) is 4.74 Å². The number of morpholine rings is 1. The SMILES string of the molecule is CC1CN(S(=O)(=O)c2cccnc2)CC(c2ccc(F)cc2)O1. The van der Waals surface area contributed by atoms with E-state index in [1.165, 1.54) is 34.9 Å². The van der Waals surface area contributed by atoms with Crippen LogP contribution in [0.4, 0.5) is 4.39 Å². The number of benzene rings is 1. The van der Waals surface area contributed by atoms with Crippen molar-refractivity contribution in [2.75, 3.05) is 13.1 Å². The number of pyridine rings is 1. The van der Waals surface area contributed by atoms with Gasteiger partial charge in [-0.1, -0.05) is 12.1 Å². The molecule has 5 nitrogen and oxygen atoms in total. The minimum atomic E-state index is -3.63. The van der Waals surface area contributed by atoms with Gasteiger partial charge in [0, 0.05) is 25.5 Å². The van der Waals surface area contributed by atoms with E-state index in [-0.39, 0.29) is 29.9 Å². The zero-order valence-corrected chi connectivity index (χ0v) is 13.4. The largest absolute Gasteiger partial charge is 0.368 e. The van der Waals surface area contributed by atoms with E-state index < -0.39 is 16.1 Å². The van der Waals surface area contributed by atoms with Crippen LogP contribution in [0.15, 0.2) is 53.7 Å². The summed E-state index contributed by atoms with van der Waals surface area (Å²) in [5.74, 6) is -0.336. The summed E-state index contributed by atoms with van der Waals surface area (Å²) in [5.41, 5.74) is 0.754. The van der Waals surface area contributed by atoms with Crippen LogP contribution >= 0.6 is 0 Å². The second-order valence-electron chi connectivity index (χ2n) is 5.50. The maximum atomic E-state index is 13.1. The Balaban J connectivity index is 1.87. The highest BCUT2D eigenvalue weighted by Crippen LogP contribution is 2.28. The number of sulfonamides is 1. The molecule has 23 heavy (non-hydrogen) atoms. The second kappa shape index (κ2) is 6.35. The highest BCUT2D eigenvalue weighted by Gasteiger charge is 2.34. The molecule has 2 atom stereocenters. The minimum Gasteiger partial charge on any atom is -0.368 e. The first-order valence-corrected chi connectivity index (χ1v) is 8.72. The fourth-order valence-corrected chi connectivity index (χ4v) is 4.10. The first kappa shape index (κ1) is 16.0. The van der Waals surface area contributed by atoms with Crippen LogP contribution < -0.4 is 0 Å². The summed E-state index contributed by atoms with van der Waals surface area (Å²) in [6.07, 6.45) is 2.18. The van der Waals surface area contributed by atoms with Crippen molar-refractivity contribution in [3.05, 3.63) is 60.2 Å². The van der Waals surface area contributed by atoms with E-state index in [2.05, 4.69) is 4.98 Å². The van der Waals surface area contributed by atoms with Crippen molar-refractivity contribution in [1.29, 1.82) is 0 Å². The third kappa shape index (κ3) is 3.41. The van der Waals surface area contributed by atoms with Crippen LogP contribution in [0, 0.1) is 5.82 Å². The van der Waals surface area contributed by atoms with Crippen LogP contribution in [0.3, 0.4) is 0 Å². The Morgan fingerprint density at radius 3 is 2.61 bits per heavy atom. The monoisotopic (exact) mass is 336 g/mol. The molecule has 1 aliphatic heterocycles. The van der Waals surface area contributed by atoms with Crippen LogP contribution in [0.2, 0.25) is 0 Å². The zero-order valence-electron chi connectivity index (χ0n) is 12.6. The summed E-state index contributed by atoms with van der Waals surface area (Å²) in [7, 11) is -3.63. The fraction of sp³-hybridized carbons (Fsp3) is 0.312. The normalized spacial score (nSPS) is 22.9. The highest BCUT2D eigenvalue weighted by molar-refractivity contribution is 7.89. The lowest BCUT2D eigenvalue weighted by Crippen LogP contribution is -2.45. The molecule has 0 spiro atoms.